The molecule has 2 aromatic rings. The topological polar surface area (TPSA) is 0 Å². The average Bonchev–Trinajstić information content (AvgIpc) is 2.91. The molecule has 0 aromatic heterocycles. The van der Waals surface area contributed by atoms with Gasteiger partial charge >= 0.3 is 0 Å². The molecule has 0 heterocycles. The molecule has 0 saturated heterocycles. The highest BCUT2D eigenvalue weighted by molar-refractivity contribution is 5.87. The Morgan fingerprint density at radius 2 is 1.57 bits per heavy atom. The maximum absolute atomic E-state index is 2.31. The summed E-state index contributed by atoms with van der Waals surface area (Å²) in [5.74, 6) is 0. The van der Waals surface area contributed by atoms with Gasteiger partial charge in [0, 0.05) is 0 Å². The van der Waals surface area contributed by atoms with Crippen molar-refractivity contribution in [3.63, 3.8) is 0 Å². The Bertz CT molecular complexity index is 737. The van der Waals surface area contributed by atoms with Crippen molar-refractivity contribution in [2.45, 2.75) is 59.3 Å². The van der Waals surface area contributed by atoms with Crippen molar-refractivity contribution in [3.05, 3.63) is 64.7 Å². The van der Waals surface area contributed by atoms with E-state index in [9.17, 15) is 0 Å². The van der Waals surface area contributed by atoms with Crippen LogP contribution in [0, 0.1) is 0 Å². The highest BCUT2D eigenvalue weighted by atomic mass is 14.3. The molecule has 0 saturated carbocycles. The van der Waals surface area contributed by atoms with Crippen molar-refractivity contribution in [3.8, 4) is 11.1 Å². The van der Waals surface area contributed by atoms with Crippen LogP contribution in [0.2, 0.25) is 0 Å². The second-order valence-electron chi connectivity index (χ2n) is 7.63. The molecule has 0 spiro atoms. The van der Waals surface area contributed by atoms with Gasteiger partial charge in [0.25, 0.3) is 0 Å². The Morgan fingerprint density at radius 3 is 2.13 bits per heavy atom. The second-order valence-corrected chi connectivity index (χ2v) is 7.63. The zero-order valence-corrected chi connectivity index (χ0v) is 15.2. The highest BCUT2D eigenvalue weighted by Crippen LogP contribution is 2.42. The molecule has 0 nitrogen and oxygen atoms in total. The second kappa shape index (κ2) is 6.00. The summed E-state index contributed by atoms with van der Waals surface area (Å²) in [6.07, 6.45) is 3.44. The molecule has 0 radical (unpaired) electrons. The lowest BCUT2D eigenvalue weighted by molar-refractivity contribution is 0.590. The van der Waals surface area contributed by atoms with Crippen LogP contribution in [0.5, 0.6) is 0 Å². The number of hydrogen-bond acceptors (Lipinski definition) is 0. The van der Waals surface area contributed by atoms with Gasteiger partial charge in [-0.2, -0.15) is 0 Å². The summed E-state index contributed by atoms with van der Waals surface area (Å²) in [6.45, 7) is 11.4. The summed E-state index contributed by atoms with van der Waals surface area (Å²) in [7, 11) is 0. The van der Waals surface area contributed by atoms with Gasteiger partial charge in [0.05, 0.1) is 0 Å². The molecule has 0 amide bonds. The van der Waals surface area contributed by atoms with Gasteiger partial charge in [0.15, 0.2) is 0 Å². The molecule has 1 aliphatic carbocycles. The summed E-state index contributed by atoms with van der Waals surface area (Å²) in [6, 6.07) is 16.0. The summed E-state index contributed by atoms with van der Waals surface area (Å²) >= 11 is 0. The molecule has 1 aliphatic rings. The molecule has 0 unspecified atom stereocenters. The lowest BCUT2D eigenvalue weighted by Crippen LogP contribution is -2.10. The van der Waals surface area contributed by atoms with Crippen LogP contribution in [0.4, 0.5) is 0 Å². The monoisotopic (exact) mass is 304 g/mol. The quantitative estimate of drug-likeness (QED) is 0.586. The van der Waals surface area contributed by atoms with E-state index in [-0.39, 0.29) is 5.41 Å². The number of rotatable bonds is 3. The molecule has 0 fully saturated rings. The van der Waals surface area contributed by atoms with E-state index in [2.05, 4.69) is 77.1 Å². The van der Waals surface area contributed by atoms with Crippen LogP contribution in [-0.4, -0.2) is 0 Å². The molecular formula is C23H28. The van der Waals surface area contributed by atoms with E-state index < -0.39 is 0 Å². The van der Waals surface area contributed by atoms with Gasteiger partial charge in [0.1, 0.15) is 0 Å². The Hall–Kier alpha value is -1.82. The van der Waals surface area contributed by atoms with Crippen LogP contribution in [0.1, 0.15) is 64.2 Å². The first-order valence-corrected chi connectivity index (χ1v) is 8.89. The molecule has 0 atom stereocenters. The molecule has 0 heteroatoms. The van der Waals surface area contributed by atoms with E-state index in [4.69, 9.17) is 0 Å². The van der Waals surface area contributed by atoms with E-state index in [0.717, 1.165) is 12.8 Å². The minimum absolute atomic E-state index is 0.209. The van der Waals surface area contributed by atoms with Gasteiger partial charge in [-0.1, -0.05) is 82.7 Å². The van der Waals surface area contributed by atoms with Crippen molar-refractivity contribution in [2.24, 2.45) is 0 Å². The van der Waals surface area contributed by atoms with Crippen LogP contribution in [0.15, 0.2) is 48.0 Å². The third-order valence-electron chi connectivity index (χ3n) is 5.13. The zero-order valence-electron chi connectivity index (χ0n) is 15.2. The molecule has 0 aliphatic heterocycles. The van der Waals surface area contributed by atoms with Gasteiger partial charge in [0.2, 0.25) is 0 Å². The molecular weight excluding hydrogens is 276 g/mol. The maximum Gasteiger partial charge on any atom is -0.00549 e. The first-order chi connectivity index (χ1) is 11.0. The fourth-order valence-corrected chi connectivity index (χ4v) is 3.77. The van der Waals surface area contributed by atoms with Crippen LogP contribution in [-0.2, 0) is 11.8 Å². The van der Waals surface area contributed by atoms with E-state index in [0.29, 0.717) is 0 Å². The smallest absolute Gasteiger partial charge is 0.00549 e. The van der Waals surface area contributed by atoms with Gasteiger partial charge in [-0.3, -0.25) is 0 Å². The highest BCUT2D eigenvalue weighted by Gasteiger charge is 2.22. The predicted octanol–water partition coefficient (Wildman–Crippen LogP) is 6.78. The fourth-order valence-electron chi connectivity index (χ4n) is 3.77. The van der Waals surface area contributed by atoms with Gasteiger partial charge in [-0.25, -0.2) is 0 Å². The summed E-state index contributed by atoms with van der Waals surface area (Å²) < 4.78 is 0. The first-order valence-electron chi connectivity index (χ1n) is 8.89. The minimum Gasteiger partial charge on any atom is -0.0623 e. The summed E-state index contributed by atoms with van der Waals surface area (Å²) in [5, 5.41) is 0. The molecule has 120 valence electrons. The van der Waals surface area contributed by atoms with Crippen LogP contribution >= 0.6 is 0 Å². The van der Waals surface area contributed by atoms with E-state index in [1.165, 1.54) is 34.2 Å². The molecule has 3 rings (SSSR count). The molecule has 0 bridgehead atoms. The van der Waals surface area contributed by atoms with Crippen molar-refractivity contribution < 1.29 is 0 Å². The van der Waals surface area contributed by atoms with Crippen LogP contribution in [0.3, 0.4) is 0 Å². The Balaban J connectivity index is 2.10. The maximum atomic E-state index is 2.31. The first kappa shape index (κ1) is 16.1. The van der Waals surface area contributed by atoms with Crippen molar-refractivity contribution in [1.82, 2.24) is 0 Å². The third kappa shape index (κ3) is 2.87. The number of benzene rings is 2. The summed E-state index contributed by atoms with van der Waals surface area (Å²) in [4.78, 5) is 0. The number of fused-ring (bicyclic) bond motifs is 1. The Morgan fingerprint density at radius 1 is 0.870 bits per heavy atom. The van der Waals surface area contributed by atoms with Crippen molar-refractivity contribution in [2.75, 3.05) is 0 Å². The lowest BCUT2D eigenvalue weighted by Gasteiger charge is -2.20. The fraction of sp³-hybridized carbons (Fsp3) is 0.391. The standard InChI is InChI=1S/C23H28/c1-6-16-15-18-9-8-10-21(22(18)20(16)7-2)17-11-13-19(14-12-17)23(3,4)5/h8-14H,6-7,15H2,1-5H3. The minimum atomic E-state index is 0.209. The lowest BCUT2D eigenvalue weighted by atomic mass is 9.85. The van der Waals surface area contributed by atoms with E-state index in [1.807, 2.05) is 0 Å². The predicted molar refractivity (Wildman–Crippen MR) is 102 cm³/mol. The number of hydrogen-bond donors (Lipinski definition) is 0. The van der Waals surface area contributed by atoms with Gasteiger partial charge in [-0.05, 0) is 58.1 Å². The van der Waals surface area contributed by atoms with Gasteiger partial charge < -0.3 is 0 Å². The van der Waals surface area contributed by atoms with Crippen molar-refractivity contribution >= 4 is 5.57 Å². The summed E-state index contributed by atoms with van der Waals surface area (Å²) in [5.41, 5.74) is 10.6. The molecule has 0 N–H and O–H groups in total. The van der Waals surface area contributed by atoms with Crippen molar-refractivity contribution in [1.29, 1.82) is 0 Å². The van der Waals surface area contributed by atoms with E-state index >= 15 is 0 Å². The van der Waals surface area contributed by atoms with Gasteiger partial charge in [-0.15, -0.1) is 0 Å². The molecule has 2 aromatic carbocycles. The largest absolute Gasteiger partial charge is 0.0623 e. The average molecular weight is 304 g/mol. The Labute approximate surface area is 141 Å². The van der Waals surface area contributed by atoms with Crippen LogP contribution in [0.25, 0.3) is 16.7 Å². The van der Waals surface area contributed by atoms with Crippen LogP contribution < -0.4 is 0 Å². The normalized spacial score (nSPS) is 14.3. The molecule has 23 heavy (non-hydrogen) atoms. The zero-order chi connectivity index (χ0) is 16.6. The Kier molecular flexibility index (Phi) is 4.19. The third-order valence-corrected chi connectivity index (χ3v) is 5.13. The number of allylic oxidation sites excluding steroid dienone is 2. The SMILES string of the molecule is CCC1=C(CC)c2c(cccc2-c2ccc(C(C)(C)C)cc2)C1. The van der Waals surface area contributed by atoms with E-state index in [1.54, 1.807) is 11.1 Å².